The molecule has 1 nitrogen and oxygen atoms in total. The molecule has 0 atom stereocenters. The first-order valence-corrected chi connectivity index (χ1v) is 7.41. The highest BCUT2D eigenvalue weighted by molar-refractivity contribution is 6.31. The standard InChI is InChI=1S/C18H17ClO/c1-12-9-16(7-8-17(12)19)18(20)11-13-5-6-14-3-2-4-15(14)10-13/h5-10H,2-4,11H2,1H3. The minimum atomic E-state index is 0.155. The predicted molar refractivity (Wildman–Crippen MR) is 82.7 cm³/mol. The van der Waals surface area contributed by atoms with Crippen molar-refractivity contribution in [3.8, 4) is 0 Å². The second kappa shape index (κ2) is 5.41. The zero-order chi connectivity index (χ0) is 14.1. The molecule has 2 heteroatoms. The third-order valence-electron chi connectivity index (χ3n) is 4.01. The zero-order valence-corrected chi connectivity index (χ0v) is 12.3. The van der Waals surface area contributed by atoms with Gasteiger partial charge in [0.25, 0.3) is 0 Å². The van der Waals surface area contributed by atoms with Crippen molar-refractivity contribution in [2.24, 2.45) is 0 Å². The topological polar surface area (TPSA) is 17.1 Å². The van der Waals surface area contributed by atoms with Gasteiger partial charge in [-0.3, -0.25) is 4.79 Å². The number of ketones is 1. The summed E-state index contributed by atoms with van der Waals surface area (Å²) in [7, 11) is 0. The molecule has 0 heterocycles. The van der Waals surface area contributed by atoms with E-state index in [-0.39, 0.29) is 5.78 Å². The molecule has 0 saturated carbocycles. The normalized spacial score (nSPS) is 13.3. The average molecular weight is 285 g/mol. The van der Waals surface area contributed by atoms with Crippen LogP contribution in [0.15, 0.2) is 36.4 Å². The number of hydrogen-bond acceptors (Lipinski definition) is 1. The van der Waals surface area contributed by atoms with E-state index in [1.54, 1.807) is 6.07 Å². The molecule has 1 aliphatic rings. The Bertz CT molecular complexity index is 673. The first-order chi connectivity index (χ1) is 9.63. The van der Waals surface area contributed by atoms with Crippen LogP contribution >= 0.6 is 11.6 Å². The largest absolute Gasteiger partial charge is 0.294 e. The van der Waals surface area contributed by atoms with E-state index in [4.69, 9.17) is 11.6 Å². The molecule has 0 N–H and O–H groups in total. The molecule has 102 valence electrons. The Morgan fingerprint density at radius 3 is 2.70 bits per heavy atom. The summed E-state index contributed by atoms with van der Waals surface area (Å²) in [6.45, 7) is 1.93. The van der Waals surface area contributed by atoms with E-state index in [9.17, 15) is 4.79 Å². The fourth-order valence-electron chi connectivity index (χ4n) is 2.84. The van der Waals surface area contributed by atoms with Crippen LogP contribution < -0.4 is 0 Å². The molecule has 0 aliphatic heterocycles. The van der Waals surface area contributed by atoms with Crippen molar-refractivity contribution in [1.82, 2.24) is 0 Å². The number of fused-ring (bicyclic) bond motifs is 1. The van der Waals surface area contributed by atoms with Gasteiger partial charge >= 0.3 is 0 Å². The van der Waals surface area contributed by atoms with Gasteiger partial charge in [0.15, 0.2) is 5.78 Å². The smallest absolute Gasteiger partial charge is 0.167 e. The van der Waals surface area contributed by atoms with Gasteiger partial charge in [-0.25, -0.2) is 0 Å². The first-order valence-electron chi connectivity index (χ1n) is 7.03. The molecule has 0 bridgehead atoms. The molecule has 0 saturated heterocycles. The van der Waals surface area contributed by atoms with Crippen molar-refractivity contribution < 1.29 is 4.79 Å². The lowest BCUT2D eigenvalue weighted by Gasteiger charge is -2.06. The number of carbonyl (C=O) groups is 1. The van der Waals surface area contributed by atoms with Crippen LogP contribution in [0.5, 0.6) is 0 Å². The minimum absolute atomic E-state index is 0.155. The SMILES string of the molecule is Cc1cc(C(=O)Cc2ccc3c(c2)CCC3)ccc1Cl. The number of benzene rings is 2. The Kier molecular flexibility index (Phi) is 3.62. The molecule has 20 heavy (non-hydrogen) atoms. The van der Waals surface area contributed by atoms with Gasteiger partial charge in [-0.15, -0.1) is 0 Å². The average Bonchev–Trinajstić information content (AvgIpc) is 2.89. The molecule has 0 fully saturated rings. The third-order valence-corrected chi connectivity index (χ3v) is 4.43. The van der Waals surface area contributed by atoms with Crippen LogP contribution in [0.2, 0.25) is 5.02 Å². The minimum Gasteiger partial charge on any atom is -0.294 e. The molecule has 2 aromatic carbocycles. The number of rotatable bonds is 3. The number of hydrogen-bond donors (Lipinski definition) is 0. The van der Waals surface area contributed by atoms with E-state index in [1.807, 2.05) is 19.1 Å². The first kappa shape index (κ1) is 13.4. The molecule has 0 radical (unpaired) electrons. The van der Waals surface area contributed by atoms with Crippen LogP contribution in [0.1, 0.15) is 39.0 Å². The maximum Gasteiger partial charge on any atom is 0.167 e. The molecule has 0 spiro atoms. The molecule has 3 rings (SSSR count). The molecule has 0 amide bonds. The lowest BCUT2D eigenvalue weighted by Crippen LogP contribution is -2.04. The number of aryl methyl sites for hydroxylation is 3. The van der Waals surface area contributed by atoms with Crippen molar-refractivity contribution in [2.45, 2.75) is 32.6 Å². The molecular weight excluding hydrogens is 268 g/mol. The van der Waals surface area contributed by atoms with Crippen molar-refractivity contribution in [1.29, 1.82) is 0 Å². The highest BCUT2D eigenvalue weighted by Crippen LogP contribution is 2.24. The quantitative estimate of drug-likeness (QED) is 0.755. The van der Waals surface area contributed by atoms with Crippen molar-refractivity contribution >= 4 is 17.4 Å². The Labute approximate surface area is 124 Å². The molecule has 0 aromatic heterocycles. The van der Waals surface area contributed by atoms with Gasteiger partial charge in [0.1, 0.15) is 0 Å². The Morgan fingerprint density at radius 2 is 1.90 bits per heavy atom. The van der Waals surface area contributed by atoms with E-state index in [0.29, 0.717) is 11.4 Å². The number of carbonyl (C=O) groups excluding carboxylic acids is 1. The summed E-state index contributed by atoms with van der Waals surface area (Å²) in [6.07, 6.45) is 4.04. The van der Waals surface area contributed by atoms with Gasteiger partial charge < -0.3 is 0 Å². The highest BCUT2D eigenvalue weighted by atomic mass is 35.5. The number of Topliss-reactive ketones (excluding diaryl/α,β-unsaturated/α-hetero) is 1. The fraction of sp³-hybridized carbons (Fsp3) is 0.278. The van der Waals surface area contributed by atoms with Crippen molar-refractivity contribution in [3.63, 3.8) is 0 Å². The van der Waals surface area contributed by atoms with E-state index in [1.165, 1.54) is 24.0 Å². The lowest BCUT2D eigenvalue weighted by atomic mass is 9.99. The maximum atomic E-state index is 12.3. The summed E-state index contributed by atoms with van der Waals surface area (Å²) in [5.74, 6) is 0.155. The highest BCUT2D eigenvalue weighted by Gasteiger charge is 2.13. The van der Waals surface area contributed by atoms with Crippen LogP contribution in [-0.2, 0) is 19.3 Å². The second-order valence-corrected chi connectivity index (χ2v) is 5.93. The molecule has 0 unspecified atom stereocenters. The Balaban J connectivity index is 1.80. The van der Waals surface area contributed by atoms with Crippen LogP contribution in [0.25, 0.3) is 0 Å². The summed E-state index contributed by atoms with van der Waals surface area (Å²) in [5.41, 5.74) is 5.67. The van der Waals surface area contributed by atoms with E-state index < -0.39 is 0 Å². The third kappa shape index (κ3) is 2.64. The monoisotopic (exact) mass is 284 g/mol. The van der Waals surface area contributed by atoms with Gasteiger partial charge in [0, 0.05) is 17.0 Å². The van der Waals surface area contributed by atoms with Crippen LogP contribution in [-0.4, -0.2) is 5.78 Å². The van der Waals surface area contributed by atoms with Crippen LogP contribution in [0.4, 0.5) is 0 Å². The predicted octanol–water partition coefficient (Wildman–Crippen LogP) is 4.56. The maximum absolute atomic E-state index is 12.3. The van der Waals surface area contributed by atoms with Crippen molar-refractivity contribution in [2.75, 3.05) is 0 Å². The summed E-state index contributed by atoms with van der Waals surface area (Å²) >= 11 is 6.00. The van der Waals surface area contributed by atoms with Gasteiger partial charge in [-0.05, 0) is 66.6 Å². The summed E-state index contributed by atoms with van der Waals surface area (Å²) in [6, 6.07) is 11.9. The van der Waals surface area contributed by atoms with Crippen LogP contribution in [0, 0.1) is 6.92 Å². The molecule has 2 aromatic rings. The second-order valence-electron chi connectivity index (χ2n) is 5.52. The summed E-state index contributed by atoms with van der Waals surface area (Å²) in [5, 5.41) is 0.707. The van der Waals surface area contributed by atoms with Gasteiger partial charge in [-0.1, -0.05) is 29.8 Å². The number of halogens is 1. The molecule has 1 aliphatic carbocycles. The fourth-order valence-corrected chi connectivity index (χ4v) is 2.96. The lowest BCUT2D eigenvalue weighted by molar-refractivity contribution is 0.0993. The zero-order valence-electron chi connectivity index (χ0n) is 11.6. The van der Waals surface area contributed by atoms with Gasteiger partial charge in [0.05, 0.1) is 0 Å². The van der Waals surface area contributed by atoms with E-state index >= 15 is 0 Å². The Morgan fingerprint density at radius 1 is 1.10 bits per heavy atom. The summed E-state index contributed by atoms with van der Waals surface area (Å²) < 4.78 is 0. The van der Waals surface area contributed by atoms with E-state index in [0.717, 1.165) is 23.1 Å². The Hall–Kier alpha value is -1.60. The van der Waals surface area contributed by atoms with Gasteiger partial charge in [0.2, 0.25) is 0 Å². The van der Waals surface area contributed by atoms with Gasteiger partial charge in [-0.2, -0.15) is 0 Å². The van der Waals surface area contributed by atoms with Crippen LogP contribution in [0.3, 0.4) is 0 Å². The molecular formula is C18H17ClO. The van der Waals surface area contributed by atoms with Crippen molar-refractivity contribution in [3.05, 3.63) is 69.2 Å². The van der Waals surface area contributed by atoms with E-state index in [2.05, 4.69) is 18.2 Å². The summed E-state index contributed by atoms with van der Waals surface area (Å²) in [4.78, 5) is 12.3.